The fraction of sp³-hybridized carbons (Fsp3) is 0.286. The molecule has 1 heterocycles. The molecule has 5 heteroatoms. The highest BCUT2D eigenvalue weighted by molar-refractivity contribution is 9.11. The summed E-state index contributed by atoms with van der Waals surface area (Å²) in [5, 5.41) is 3.32. The largest absolute Gasteiger partial charge is 0.369 e. The van der Waals surface area contributed by atoms with Crippen LogP contribution in [0.4, 0.5) is 5.82 Å². The van der Waals surface area contributed by atoms with Gasteiger partial charge in [0.15, 0.2) is 5.82 Å². The van der Waals surface area contributed by atoms with Gasteiger partial charge >= 0.3 is 0 Å². The molecule has 0 saturated carbocycles. The van der Waals surface area contributed by atoms with Crippen LogP contribution in [0.2, 0.25) is 0 Å². The van der Waals surface area contributed by atoms with Gasteiger partial charge in [0.1, 0.15) is 5.82 Å². The van der Waals surface area contributed by atoms with Crippen molar-refractivity contribution in [2.24, 2.45) is 0 Å². The third-order valence-electron chi connectivity index (χ3n) is 2.67. The molecule has 0 spiro atoms. The first-order valence-corrected chi connectivity index (χ1v) is 7.75. The van der Waals surface area contributed by atoms with Crippen LogP contribution in [0, 0.1) is 6.92 Å². The van der Waals surface area contributed by atoms with E-state index in [2.05, 4.69) is 54.1 Å². The summed E-state index contributed by atoms with van der Waals surface area (Å²) in [5.74, 6) is 1.58. The van der Waals surface area contributed by atoms with Crippen LogP contribution >= 0.6 is 31.9 Å². The number of benzene rings is 1. The summed E-state index contributed by atoms with van der Waals surface area (Å²) in [6, 6.07) is 7.97. The van der Waals surface area contributed by atoms with Gasteiger partial charge in [-0.1, -0.05) is 41.1 Å². The summed E-state index contributed by atoms with van der Waals surface area (Å²) < 4.78 is 1.93. The van der Waals surface area contributed by atoms with E-state index in [9.17, 15) is 0 Å². The average Bonchev–Trinajstić information content (AvgIpc) is 2.41. The van der Waals surface area contributed by atoms with Crippen LogP contribution < -0.4 is 5.32 Å². The molecule has 19 heavy (non-hydrogen) atoms. The average molecular weight is 385 g/mol. The second kappa shape index (κ2) is 6.48. The lowest BCUT2D eigenvalue weighted by atomic mass is 10.2. The molecule has 1 aromatic heterocycles. The number of aryl methyl sites for hydroxylation is 1. The van der Waals surface area contributed by atoms with E-state index in [1.54, 1.807) is 0 Å². The molecular formula is C14H15Br2N3. The van der Waals surface area contributed by atoms with Crippen LogP contribution in [0.5, 0.6) is 0 Å². The highest BCUT2D eigenvalue weighted by Crippen LogP contribution is 2.30. The van der Waals surface area contributed by atoms with Gasteiger partial charge in [0.25, 0.3) is 0 Å². The molecule has 0 fully saturated rings. The standard InChI is InChI=1S/C14H15Br2N3/c1-3-8-17-14-12(16)9(2)18-13(19-14)10-6-4-5-7-11(10)15/h4-7H,3,8H2,1-2H3,(H,17,18,19). The Kier molecular flexibility index (Phi) is 4.93. The summed E-state index contributed by atoms with van der Waals surface area (Å²) in [6.45, 7) is 5.00. The Hall–Kier alpha value is -0.940. The molecule has 0 bridgehead atoms. The lowest BCUT2D eigenvalue weighted by Gasteiger charge is -2.11. The molecule has 0 aliphatic heterocycles. The molecule has 0 aliphatic carbocycles. The van der Waals surface area contributed by atoms with E-state index in [1.807, 2.05) is 31.2 Å². The second-order valence-electron chi connectivity index (χ2n) is 4.20. The SMILES string of the molecule is CCCNc1nc(-c2ccccc2Br)nc(C)c1Br. The molecule has 1 N–H and O–H groups in total. The Bertz CT molecular complexity index is 585. The van der Waals surface area contributed by atoms with Gasteiger partial charge in [-0.15, -0.1) is 0 Å². The second-order valence-corrected chi connectivity index (χ2v) is 5.85. The third kappa shape index (κ3) is 3.34. The van der Waals surface area contributed by atoms with Gasteiger partial charge in [-0.25, -0.2) is 9.97 Å². The molecular weight excluding hydrogens is 370 g/mol. The molecule has 3 nitrogen and oxygen atoms in total. The molecule has 0 amide bonds. The summed E-state index contributed by atoms with van der Waals surface area (Å²) in [4.78, 5) is 9.15. The smallest absolute Gasteiger partial charge is 0.162 e. The number of nitrogens with one attached hydrogen (secondary N) is 1. The topological polar surface area (TPSA) is 37.8 Å². The van der Waals surface area contributed by atoms with Crippen molar-refractivity contribution in [2.45, 2.75) is 20.3 Å². The van der Waals surface area contributed by atoms with Gasteiger partial charge in [0.05, 0.1) is 10.2 Å². The van der Waals surface area contributed by atoms with Crippen LogP contribution in [-0.2, 0) is 0 Å². The molecule has 0 radical (unpaired) electrons. The number of anilines is 1. The van der Waals surface area contributed by atoms with E-state index in [4.69, 9.17) is 0 Å². The fourth-order valence-electron chi connectivity index (χ4n) is 1.68. The summed E-state index contributed by atoms with van der Waals surface area (Å²) in [6.07, 6.45) is 1.06. The van der Waals surface area contributed by atoms with Crippen LogP contribution in [0.15, 0.2) is 33.2 Å². The van der Waals surface area contributed by atoms with E-state index in [0.29, 0.717) is 0 Å². The highest BCUT2D eigenvalue weighted by atomic mass is 79.9. The summed E-state index contributed by atoms with van der Waals surface area (Å²) in [7, 11) is 0. The van der Waals surface area contributed by atoms with E-state index in [0.717, 1.165) is 44.8 Å². The quantitative estimate of drug-likeness (QED) is 0.822. The van der Waals surface area contributed by atoms with Crippen LogP contribution in [0.3, 0.4) is 0 Å². The molecule has 2 rings (SSSR count). The number of nitrogens with zero attached hydrogens (tertiary/aromatic N) is 2. The Morgan fingerprint density at radius 2 is 1.89 bits per heavy atom. The van der Waals surface area contributed by atoms with Crippen molar-refractivity contribution in [1.82, 2.24) is 9.97 Å². The number of rotatable bonds is 4. The first kappa shape index (κ1) is 14.5. The van der Waals surface area contributed by atoms with Gasteiger partial charge < -0.3 is 5.32 Å². The van der Waals surface area contributed by atoms with Crippen molar-refractivity contribution in [3.8, 4) is 11.4 Å². The highest BCUT2D eigenvalue weighted by Gasteiger charge is 2.12. The summed E-state index contributed by atoms with van der Waals surface area (Å²) >= 11 is 7.08. The molecule has 0 atom stereocenters. The zero-order valence-electron chi connectivity index (χ0n) is 10.9. The van der Waals surface area contributed by atoms with Crippen molar-refractivity contribution in [3.63, 3.8) is 0 Å². The number of aromatic nitrogens is 2. The Morgan fingerprint density at radius 3 is 2.58 bits per heavy atom. The minimum absolute atomic E-state index is 0.728. The minimum atomic E-state index is 0.728. The van der Waals surface area contributed by atoms with E-state index < -0.39 is 0 Å². The Morgan fingerprint density at radius 1 is 1.16 bits per heavy atom. The number of halogens is 2. The van der Waals surface area contributed by atoms with Gasteiger partial charge in [0, 0.05) is 16.6 Å². The third-order valence-corrected chi connectivity index (χ3v) is 4.31. The van der Waals surface area contributed by atoms with Crippen molar-refractivity contribution >= 4 is 37.7 Å². The van der Waals surface area contributed by atoms with Crippen molar-refractivity contribution in [2.75, 3.05) is 11.9 Å². The van der Waals surface area contributed by atoms with Crippen LogP contribution in [-0.4, -0.2) is 16.5 Å². The van der Waals surface area contributed by atoms with Gasteiger partial charge in [-0.2, -0.15) is 0 Å². The van der Waals surface area contributed by atoms with Crippen LogP contribution in [0.1, 0.15) is 19.0 Å². The molecule has 100 valence electrons. The molecule has 0 aliphatic rings. The maximum atomic E-state index is 4.60. The maximum Gasteiger partial charge on any atom is 0.162 e. The summed E-state index contributed by atoms with van der Waals surface area (Å²) in [5.41, 5.74) is 1.93. The molecule has 2 aromatic rings. The van der Waals surface area contributed by atoms with Crippen molar-refractivity contribution in [1.29, 1.82) is 0 Å². The fourth-order valence-corrected chi connectivity index (χ4v) is 2.46. The Labute approximate surface area is 130 Å². The lowest BCUT2D eigenvalue weighted by Crippen LogP contribution is -2.06. The molecule has 0 saturated heterocycles. The van der Waals surface area contributed by atoms with Crippen molar-refractivity contribution < 1.29 is 0 Å². The predicted octanol–water partition coefficient (Wildman–Crippen LogP) is 4.80. The first-order chi connectivity index (χ1) is 9.13. The van der Waals surface area contributed by atoms with Gasteiger partial charge in [-0.05, 0) is 35.3 Å². The van der Waals surface area contributed by atoms with Crippen molar-refractivity contribution in [3.05, 3.63) is 38.9 Å². The molecule has 1 aromatic carbocycles. The monoisotopic (exact) mass is 383 g/mol. The zero-order chi connectivity index (χ0) is 13.8. The van der Waals surface area contributed by atoms with E-state index in [-0.39, 0.29) is 0 Å². The molecule has 0 unspecified atom stereocenters. The number of hydrogen-bond acceptors (Lipinski definition) is 3. The van der Waals surface area contributed by atoms with E-state index >= 15 is 0 Å². The Balaban J connectivity index is 2.47. The lowest BCUT2D eigenvalue weighted by molar-refractivity contribution is 0.958. The number of hydrogen-bond donors (Lipinski definition) is 1. The van der Waals surface area contributed by atoms with Crippen LogP contribution in [0.25, 0.3) is 11.4 Å². The first-order valence-electron chi connectivity index (χ1n) is 6.16. The predicted molar refractivity (Wildman–Crippen MR) is 86.4 cm³/mol. The van der Waals surface area contributed by atoms with E-state index in [1.165, 1.54) is 0 Å². The van der Waals surface area contributed by atoms with Gasteiger partial charge in [0.2, 0.25) is 0 Å². The van der Waals surface area contributed by atoms with Gasteiger partial charge in [-0.3, -0.25) is 0 Å². The zero-order valence-corrected chi connectivity index (χ0v) is 14.0. The maximum absolute atomic E-state index is 4.60. The minimum Gasteiger partial charge on any atom is -0.369 e. The normalized spacial score (nSPS) is 10.5.